The van der Waals surface area contributed by atoms with Crippen molar-refractivity contribution in [3.05, 3.63) is 47.3 Å². The van der Waals surface area contributed by atoms with Gasteiger partial charge in [0.05, 0.1) is 5.00 Å². The average Bonchev–Trinajstić information content (AvgIpc) is 3.15. The quantitative estimate of drug-likeness (QED) is 0.862. The van der Waals surface area contributed by atoms with E-state index < -0.39 is 0 Å². The lowest BCUT2D eigenvalue weighted by Crippen LogP contribution is -2.43. The summed E-state index contributed by atoms with van der Waals surface area (Å²) in [6.45, 7) is 3.28. The Hall–Kier alpha value is -2.34. The largest absolute Gasteiger partial charge is 0.326 e. The molecule has 0 aliphatic carbocycles. The third kappa shape index (κ3) is 4.39. The molecular formula is C19H23N3O2S. The highest BCUT2D eigenvalue weighted by Gasteiger charge is 2.27. The number of nitrogens with zero attached hydrogens (tertiary/aromatic N) is 1. The highest BCUT2D eigenvalue weighted by molar-refractivity contribution is 7.14. The number of likely N-dealkylation sites (tertiary alicyclic amines) is 1. The average molecular weight is 357 g/mol. The van der Waals surface area contributed by atoms with E-state index in [1.807, 2.05) is 41.8 Å². The van der Waals surface area contributed by atoms with Gasteiger partial charge in [-0.3, -0.25) is 10.1 Å². The van der Waals surface area contributed by atoms with E-state index in [9.17, 15) is 9.59 Å². The van der Waals surface area contributed by atoms with Crippen molar-refractivity contribution in [3.63, 3.8) is 0 Å². The van der Waals surface area contributed by atoms with Crippen LogP contribution < -0.4 is 10.6 Å². The van der Waals surface area contributed by atoms with Gasteiger partial charge >= 0.3 is 6.03 Å². The molecule has 25 heavy (non-hydrogen) atoms. The molecule has 132 valence electrons. The van der Waals surface area contributed by atoms with Crippen molar-refractivity contribution >= 4 is 34.0 Å². The number of urea groups is 1. The van der Waals surface area contributed by atoms with Crippen molar-refractivity contribution < 1.29 is 9.59 Å². The van der Waals surface area contributed by atoms with Crippen LogP contribution in [0.25, 0.3) is 0 Å². The lowest BCUT2D eigenvalue weighted by atomic mass is 9.95. The minimum absolute atomic E-state index is 0.0456. The fourth-order valence-electron chi connectivity index (χ4n) is 3.06. The zero-order valence-electron chi connectivity index (χ0n) is 14.3. The van der Waals surface area contributed by atoms with Gasteiger partial charge in [0.2, 0.25) is 5.91 Å². The van der Waals surface area contributed by atoms with Gasteiger partial charge in [-0.15, -0.1) is 11.3 Å². The molecular weight excluding hydrogens is 334 g/mol. The number of hydrogen-bond acceptors (Lipinski definition) is 3. The summed E-state index contributed by atoms with van der Waals surface area (Å²) in [6.07, 6.45) is 2.27. The number of aryl methyl sites for hydroxylation is 1. The molecule has 1 saturated heterocycles. The first-order valence-corrected chi connectivity index (χ1v) is 9.53. The van der Waals surface area contributed by atoms with Crippen LogP contribution in [0.4, 0.5) is 15.5 Å². The third-order valence-corrected chi connectivity index (χ3v) is 5.35. The van der Waals surface area contributed by atoms with Crippen molar-refractivity contribution in [2.24, 2.45) is 5.92 Å². The molecule has 2 heterocycles. The molecule has 1 aliphatic rings. The summed E-state index contributed by atoms with van der Waals surface area (Å²) in [5, 5.41) is 8.73. The van der Waals surface area contributed by atoms with Gasteiger partial charge in [-0.25, -0.2) is 4.79 Å². The van der Waals surface area contributed by atoms with Gasteiger partial charge in [0, 0.05) is 24.7 Å². The normalized spacial score (nSPS) is 15.0. The first-order valence-electron chi connectivity index (χ1n) is 8.65. The van der Waals surface area contributed by atoms with Crippen molar-refractivity contribution in [1.29, 1.82) is 0 Å². The van der Waals surface area contributed by atoms with Crippen molar-refractivity contribution in [2.45, 2.75) is 26.2 Å². The molecule has 0 bridgehead atoms. The molecule has 5 nitrogen and oxygen atoms in total. The molecule has 0 saturated carbocycles. The van der Waals surface area contributed by atoms with Crippen LogP contribution in [0.15, 0.2) is 41.8 Å². The van der Waals surface area contributed by atoms with Crippen LogP contribution in [-0.4, -0.2) is 29.9 Å². The predicted molar refractivity (Wildman–Crippen MR) is 102 cm³/mol. The van der Waals surface area contributed by atoms with Crippen LogP contribution in [0.3, 0.4) is 0 Å². The molecule has 1 aliphatic heterocycles. The number of amides is 3. The van der Waals surface area contributed by atoms with Gasteiger partial charge in [-0.1, -0.05) is 25.1 Å². The second-order valence-corrected chi connectivity index (χ2v) is 7.12. The number of para-hydroxylation sites is 1. The molecule has 0 radical (unpaired) electrons. The van der Waals surface area contributed by atoms with E-state index in [0.29, 0.717) is 25.9 Å². The van der Waals surface area contributed by atoms with E-state index in [1.165, 1.54) is 11.3 Å². The van der Waals surface area contributed by atoms with E-state index in [0.717, 1.165) is 22.7 Å². The number of carbonyl (C=O) groups excluding carboxylic acids is 2. The lowest BCUT2D eigenvalue weighted by Gasteiger charge is -2.31. The minimum Gasteiger partial charge on any atom is -0.326 e. The smallest absolute Gasteiger partial charge is 0.322 e. The number of nitrogens with one attached hydrogen (secondary N) is 2. The summed E-state index contributed by atoms with van der Waals surface area (Å²) < 4.78 is 0. The van der Waals surface area contributed by atoms with Crippen molar-refractivity contribution in [1.82, 2.24) is 4.90 Å². The molecule has 0 unspecified atom stereocenters. The van der Waals surface area contributed by atoms with Crippen LogP contribution in [0, 0.1) is 5.92 Å². The number of anilines is 2. The summed E-state index contributed by atoms with van der Waals surface area (Å²) in [5.74, 6) is 0.00918. The molecule has 6 heteroatoms. The van der Waals surface area contributed by atoms with Gasteiger partial charge in [0.1, 0.15) is 0 Å². The Balaban J connectivity index is 1.51. The zero-order valence-corrected chi connectivity index (χ0v) is 15.1. The third-order valence-electron chi connectivity index (χ3n) is 4.56. The number of carbonyl (C=O) groups is 2. The Bertz CT molecular complexity index is 722. The fraction of sp³-hybridized carbons (Fsp3) is 0.368. The van der Waals surface area contributed by atoms with Gasteiger partial charge in [-0.05, 0) is 48.4 Å². The maximum absolute atomic E-state index is 12.5. The SMILES string of the molecule is CCc1ccccc1NC(=O)C1CCN(C(=O)Nc2cccs2)CC1. The van der Waals surface area contributed by atoms with Crippen LogP contribution in [-0.2, 0) is 11.2 Å². The molecule has 2 N–H and O–H groups in total. The first-order chi connectivity index (χ1) is 12.2. The highest BCUT2D eigenvalue weighted by Crippen LogP contribution is 2.23. The Kier molecular flexibility index (Phi) is 5.71. The Morgan fingerprint density at radius 1 is 1.12 bits per heavy atom. The van der Waals surface area contributed by atoms with Crippen molar-refractivity contribution in [2.75, 3.05) is 23.7 Å². The Morgan fingerprint density at radius 3 is 2.56 bits per heavy atom. The Labute approximate surface area is 152 Å². The number of hydrogen-bond donors (Lipinski definition) is 2. The second-order valence-electron chi connectivity index (χ2n) is 6.17. The predicted octanol–water partition coefficient (Wildman–Crippen LogP) is 4.19. The number of piperidine rings is 1. The van der Waals surface area contributed by atoms with Gasteiger partial charge in [0.15, 0.2) is 0 Å². The number of benzene rings is 1. The molecule has 2 aromatic rings. The van der Waals surface area contributed by atoms with E-state index in [-0.39, 0.29) is 17.9 Å². The summed E-state index contributed by atoms with van der Waals surface area (Å²) in [4.78, 5) is 26.6. The number of thiophene rings is 1. The topological polar surface area (TPSA) is 61.4 Å². The maximum Gasteiger partial charge on any atom is 0.322 e. The maximum atomic E-state index is 12.5. The molecule has 0 atom stereocenters. The highest BCUT2D eigenvalue weighted by atomic mass is 32.1. The van der Waals surface area contributed by atoms with Gasteiger partial charge in [0.25, 0.3) is 0 Å². The summed E-state index contributed by atoms with van der Waals surface area (Å²) in [7, 11) is 0. The zero-order chi connectivity index (χ0) is 17.6. The van der Waals surface area contributed by atoms with Crippen LogP contribution >= 0.6 is 11.3 Å². The molecule has 1 fully saturated rings. The van der Waals surface area contributed by atoms with E-state index >= 15 is 0 Å². The first kappa shape index (κ1) is 17.5. The molecule has 1 aromatic carbocycles. The summed E-state index contributed by atoms with van der Waals surface area (Å²) in [6, 6.07) is 11.6. The van der Waals surface area contributed by atoms with E-state index in [4.69, 9.17) is 0 Å². The lowest BCUT2D eigenvalue weighted by molar-refractivity contribution is -0.121. The van der Waals surface area contributed by atoms with Crippen LogP contribution in [0.1, 0.15) is 25.3 Å². The number of rotatable bonds is 4. The van der Waals surface area contributed by atoms with E-state index in [2.05, 4.69) is 17.6 Å². The Morgan fingerprint density at radius 2 is 1.88 bits per heavy atom. The standard InChI is InChI=1S/C19H23N3O2S/c1-2-14-6-3-4-7-16(14)20-18(23)15-9-11-22(12-10-15)19(24)21-17-8-5-13-25-17/h3-8,13,15H,2,9-12H2,1H3,(H,20,23)(H,21,24). The molecule has 3 amide bonds. The molecule has 0 spiro atoms. The van der Waals surface area contributed by atoms with Crippen LogP contribution in [0.5, 0.6) is 0 Å². The van der Waals surface area contributed by atoms with Gasteiger partial charge < -0.3 is 10.2 Å². The monoisotopic (exact) mass is 357 g/mol. The minimum atomic E-state index is -0.0855. The van der Waals surface area contributed by atoms with E-state index in [1.54, 1.807) is 4.90 Å². The van der Waals surface area contributed by atoms with Crippen LogP contribution in [0.2, 0.25) is 0 Å². The molecule has 1 aromatic heterocycles. The van der Waals surface area contributed by atoms with Crippen molar-refractivity contribution in [3.8, 4) is 0 Å². The van der Waals surface area contributed by atoms with Gasteiger partial charge in [-0.2, -0.15) is 0 Å². The summed E-state index contributed by atoms with van der Waals surface area (Å²) >= 11 is 1.50. The molecule has 3 rings (SSSR count). The summed E-state index contributed by atoms with van der Waals surface area (Å²) in [5.41, 5.74) is 2.04. The fourth-order valence-corrected chi connectivity index (χ4v) is 3.67. The second kappa shape index (κ2) is 8.16.